The maximum atomic E-state index is 5.89. The van der Waals surface area contributed by atoms with Crippen LogP contribution in [0.25, 0.3) is 11.0 Å². The molecule has 1 aliphatic carbocycles. The van der Waals surface area contributed by atoms with Gasteiger partial charge in [0.15, 0.2) is 0 Å². The van der Waals surface area contributed by atoms with E-state index in [4.69, 9.17) is 14.7 Å². The Hall–Kier alpha value is -3.83. The molecular formula is C33H43N9OS. The molecule has 4 aromatic rings. The van der Waals surface area contributed by atoms with Crippen LogP contribution in [0.5, 0.6) is 5.75 Å². The van der Waals surface area contributed by atoms with Gasteiger partial charge in [-0.15, -0.1) is 0 Å². The van der Waals surface area contributed by atoms with Crippen LogP contribution in [-0.4, -0.2) is 77.5 Å². The summed E-state index contributed by atoms with van der Waals surface area (Å²) in [5.74, 6) is 2.01. The number of aryl methyl sites for hydroxylation is 2. The lowest BCUT2D eigenvalue weighted by molar-refractivity contribution is 0.249. The summed E-state index contributed by atoms with van der Waals surface area (Å²) in [5, 5.41) is 7.70. The first-order valence-electron chi connectivity index (χ1n) is 15.5. The number of ether oxygens (including phenoxy) is 1. The Bertz CT molecular complexity index is 1620. The van der Waals surface area contributed by atoms with Crippen LogP contribution >= 0.6 is 11.9 Å². The minimum Gasteiger partial charge on any atom is -0.494 e. The van der Waals surface area contributed by atoms with Crippen molar-refractivity contribution in [2.45, 2.75) is 57.2 Å². The molecule has 0 unspecified atom stereocenters. The molecule has 1 saturated carbocycles. The summed E-state index contributed by atoms with van der Waals surface area (Å²) in [7, 11) is 8.18. The molecule has 0 amide bonds. The van der Waals surface area contributed by atoms with E-state index < -0.39 is 0 Å². The maximum Gasteiger partial charge on any atom is 0.229 e. The van der Waals surface area contributed by atoms with Gasteiger partial charge in [0.25, 0.3) is 0 Å². The summed E-state index contributed by atoms with van der Waals surface area (Å²) in [4.78, 5) is 23.6. The van der Waals surface area contributed by atoms with Crippen LogP contribution in [-0.2, 0) is 6.42 Å². The van der Waals surface area contributed by atoms with Gasteiger partial charge in [-0.3, -0.25) is 9.97 Å². The molecule has 3 heterocycles. The smallest absolute Gasteiger partial charge is 0.229 e. The van der Waals surface area contributed by atoms with E-state index in [0.717, 1.165) is 77.6 Å². The molecule has 232 valence electrons. The highest BCUT2D eigenvalue weighted by Crippen LogP contribution is 2.43. The van der Waals surface area contributed by atoms with Gasteiger partial charge in [-0.1, -0.05) is 6.92 Å². The van der Waals surface area contributed by atoms with Crippen molar-refractivity contribution in [2.24, 2.45) is 0 Å². The Morgan fingerprint density at radius 2 is 1.75 bits per heavy atom. The minimum atomic E-state index is 0.501. The molecule has 2 fully saturated rings. The van der Waals surface area contributed by atoms with Crippen LogP contribution in [0.15, 0.2) is 42.9 Å². The molecule has 2 aliphatic rings. The predicted octanol–water partition coefficient (Wildman–Crippen LogP) is 6.56. The third-order valence-electron chi connectivity index (χ3n) is 8.55. The normalized spacial score (nSPS) is 15.6. The van der Waals surface area contributed by atoms with Crippen molar-refractivity contribution in [3.63, 3.8) is 0 Å². The molecule has 0 radical (unpaired) electrons. The summed E-state index contributed by atoms with van der Waals surface area (Å²) in [5.41, 5.74) is 7.97. The lowest BCUT2D eigenvalue weighted by Crippen LogP contribution is -2.42. The van der Waals surface area contributed by atoms with Gasteiger partial charge in [-0.25, -0.2) is 4.98 Å². The number of nitrogens with zero attached hydrogens (tertiary/aromatic N) is 7. The molecule has 1 aliphatic heterocycles. The largest absolute Gasteiger partial charge is 0.494 e. The van der Waals surface area contributed by atoms with E-state index in [1.165, 1.54) is 24.1 Å². The number of fused-ring (bicyclic) bond motifs is 1. The summed E-state index contributed by atoms with van der Waals surface area (Å²) in [6.45, 7) is 6.30. The van der Waals surface area contributed by atoms with E-state index in [2.05, 4.69) is 81.0 Å². The molecule has 11 heteroatoms. The fourth-order valence-corrected chi connectivity index (χ4v) is 6.93. The van der Waals surface area contributed by atoms with E-state index in [9.17, 15) is 0 Å². The van der Waals surface area contributed by atoms with Gasteiger partial charge in [0, 0.05) is 67.3 Å². The highest BCUT2D eigenvalue weighted by atomic mass is 32.2. The van der Waals surface area contributed by atoms with Crippen LogP contribution in [0.4, 0.5) is 34.5 Å². The second kappa shape index (κ2) is 13.0. The Labute approximate surface area is 264 Å². The summed E-state index contributed by atoms with van der Waals surface area (Å²) in [6, 6.07) is 9.05. The molecule has 44 heavy (non-hydrogen) atoms. The van der Waals surface area contributed by atoms with Crippen LogP contribution in [0.3, 0.4) is 0 Å². The summed E-state index contributed by atoms with van der Waals surface area (Å²) < 4.78 is 8.10. The summed E-state index contributed by atoms with van der Waals surface area (Å²) in [6.07, 6.45) is 11.1. The Morgan fingerprint density at radius 3 is 2.45 bits per heavy atom. The van der Waals surface area contributed by atoms with Crippen LogP contribution < -0.4 is 24.6 Å². The molecular weight excluding hydrogens is 570 g/mol. The SMILES string of the molecule is CCc1cc(Nc2ncc(C)c(Nc3ccc4nccnc4c3N(C)SC3CC3)n2)c(OC)cc1N1CCC(N(C)C)CC1. The predicted molar refractivity (Wildman–Crippen MR) is 183 cm³/mol. The molecule has 2 N–H and O–H groups in total. The molecule has 2 aromatic carbocycles. The minimum absolute atomic E-state index is 0.501. The van der Waals surface area contributed by atoms with Crippen LogP contribution in [0.2, 0.25) is 0 Å². The number of anilines is 6. The van der Waals surface area contributed by atoms with Gasteiger partial charge in [-0.05, 0) is 88.8 Å². The molecule has 10 nitrogen and oxygen atoms in total. The van der Waals surface area contributed by atoms with Crippen molar-refractivity contribution >= 4 is 57.5 Å². The number of hydrogen-bond acceptors (Lipinski definition) is 11. The van der Waals surface area contributed by atoms with E-state index in [1.54, 1.807) is 19.5 Å². The average Bonchev–Trinajstić information content (AvgIpc) is 3.86. The maximum absolute atomic E-state index is 5.89. The molecule has 0 atom stereocenters. The third-order valence-corrected chi connectivity index (χ3v) is 9.82. The molecule has 2 aromatic heterocycles. The fraction of sp³-hybridized carbons (Fsp3) is 0.455. The molecule has 6 rings (SSSR count). The Kier molecular flexibility index (Phi) is 8.95. The number of aromatic nitrogens is 4. The van der Waals surface area contributed by atoms with Crippen LogP contribution in [0.1, 0.15) is 43.7 Å². The monoisotopic (exact) mass is 613 g/mol. The van der Waals surface area contributed by atoms with Crippen molar-refractivity contribution in [1.82, 2.24) is 24.8 Å². The Morgan fingerprint density at radius 1 is 0.977 bits per heavy atom. The number of benzene rings is 2. The molecule has 0 spiro atoms. The van der Waals surface area contributed by atoms with E-state index in [1.807, 2.05) is 31.1 Å². The van der Waals surface area contributed by atoms with Crippen molar-refractivity contribution in [3.05, 3.63) is 54.0 Å². The van der Waals surface area contributed by atoms with Crippen LogP contribution in [0, 0.1) is 6.92 Å². The topological polar surface area (TPSA) is 94.6 Å². The second-order valence-electron chi connectivity index (χ2n) is 11.9. The van der Waals surface area contributed by atoms with Gasteiger partial charge in [-0.2, -0.15) is 4.98 Å². The van der Waals surface area contributed by atoms with Crippen molar-refractivity contribution in [1.29, 1.82) is 0 Å². The molecule has 1 saturated heterocycles. The summed E-state index contributed by atoms with van der Waals surface area (Å²) >= 11 is 1.85. The number of piperidine rings is 1. The van der Waals surface area contributed by atoms with E-state index in [-0.39, 0.29) is 0 Å². The van der Waals surface area contributed by atoms with E-state index >= 15 is 0 Å². The quantitative estimate of drug-likeness (QED) is 0.180. The van der Waals surface area contributed by atoms with Gasteiger partial charge in [0.05, 0.1) is 29.7 Å². The number of nitrogens with one attached hydrogen (secondary N) is 2. The lowest BCUT2D eigenvalue weighted by Gasteiger charge is -2.37. The Balaban J connectivity index is 1.27. The highest BCUT2D eigenvalue weighted by molar-refractivity contribution is 8.01. The van der Waals surface area contributed by atoms with E-state index in [0.29, 0.717) is 17.2 Å². The number of methoxy groups -OCH3 is 1. The average molecular weight is 614 g/mol. The molecule has 0 bridgehead atoms. The van der Waals surface area contributed by atoms with Crippen molar-refractivity contribution in [2.75, 3.05) is 61.2 Å². The second-order valence-corrected chi connectivity index (χ2v) is 13.3. The zero-order valence-corrected chi connectivity index (χ0v) is 27.4. The van der Waals surface area contributed by atoms with Crippen molar-refractivity contribution in [3.8, 4) is 5.75 Å². The van der Waals surface area contributed by atoms with Gasteiger partial charge in [0.1, 0.15) is 17.1 Å². The van der Waals surface area contributed by atoms with Gasteiger partial charge < -0.3 is 29.5 Å². The highest BCUT2D eigenvalue weighted by Gasteiger charge is 2.27. The van der Waals surface area contributed by atoms with Gasteiger partial charge in [0.2, 0.25) is 5.95 Å². The number of rotatable bonds is 11. The zero-order valence-electron chi connectivity index (χ0n) is 26.6. The first-order valence-corrected chi connectivity index (χ1v) is 16.3. The van der Waals surface area contributed by atoms with Crippen molar-refractivity contribution < 1.29 is 4.74 Å². The standard InChI is InChI=1S/C33H43N9OS/c1-7-22-18-27(29(43-6)19-28(22)42-16-12-23(13-17-42)40(3)4)38-33-36-20-21(2)32(39-33)37-26-11-10-25-30(35-15-14-34-25)31(26)41(5)44-24-8-9-24/h10-11,14-15,18-20,23-24H,7-9,12-13,16-17H2,1-6H3,(H2,36,37,38,39). The number of hydrogen-bond donors (Lipinski definition) is 2. The first-order chi connectivity index (χ1) is 21.3. The first kappa shape index (κ1) is 30.2. The third kappa shape index (κ3) is 6.49. The zero-order chi connectivity index (χ0) is 30.8. The fourth-order valence-electron chi connectivity index (χ4n) is 5.85. The van der Waals surface area contributed by atoms with Gasteiger partial charge >= 0.3 is 0 Å². The lowest BCUT2D eigenvalue weighted by atomic mass is 10.0.